The first kappa shape index (κ1) is 18.9. The average molecular weight is 387 g/mol. The Morgan fingerprint density at radius 3 is 2.63 bits per heavy atom. The van der Waals surface area contributed by atoms with E-state index in [9.17, 15) is 14.4 Å². The summed E-state index contributed by atoms with van der Waals surface area (Å²) in [4.78, 5) is 37.1. The van der Waals surface area contributed by atoms with Gasteiger partial charge in [0.25, 0.3) is 0 Å². The highest BCUT2D eigenvalue weighted by molar-refractivity contribution is 6.30. The summed E-state index contributed by atoms with van der Waals surface area (Å²) in [5.74, 6) is -1.64. The Labute approximate surface area is 161 Å². The van der Waals surface area contributed by atoms with E-state index in [1.165, 1.54) is 0 Å². The molecule has 0 spiro atoms. The highest BCUT2D eigenvalue weighted by Crippen LogP contribution is 2.27. The highest BCUT2D eigenvalue weighted by atomic mass is 35.5. The summed E-state index contributed by atoms with van der Waals surface area (Å²) >= 11 is 5.88. The fourth-order valence-corrected chi connectivity index (χ4v) is 3.18. The fraction of sp³-hybridized carbons (Fsp3) is 0.250. The SMILES string of the molecule is O=C(O)CCc1cccc(NC(=O)C2CC(=O)N(c3ccc(Cl)cc3)C2)c1. The van der Waals surface area contributed by atoms with Gasteiger partial charge < -0.3 is 15.3 Å². The number of aryl methyl sites for hydroxylation is 1. The zero-order valence-electron chi connectivity index (χ0n) is 14.5. The fourth-order valence-electron chi connectivity index (χ4n) is 3.05. The molecule has 3 rings (SSSR count). The van der Waals surface area contributed by atoms with Gasteiger partial charge in [-0.3, -0.25) is 14.4 Å². The quantitative estimate of drug-likeness (QED) is 0.797. The molecular formula is C20H19ClN2O4. The first-order valence-corrected chi connectivity index (χ1v) is 8.97. The molecule has 0 radical (unpaired) electrons. The molecule has 2 amide bonds. The van der Waals surface area contributed by atoms with Crippen LogP contribution in [0.2, 0.25) is 5.02 Å². The molecule has 0 aliphatic carbocycles. The van der Waals surface area contributed by atoms with Gasteiger partial charge in [0.15, 0.2) is 0 Å². The number of carboxylic acids is 1. The van der Waals surface area contributed by atoms with Crippen molar-refractivity contribution in [3.63, 3.8) is 0 Å². The lowest BCUT2D eigenvalue weighted by Crippen LogP contribution is -2.28. The van der Waals surface area contributed by atoms with Crippen LogP contribution in [-0.4, -0.2) is 29.4 Å². The number of carbonyl (C=O) groups is 3. The third kappa shape index (κ3) is 4.86. The number of hydrogen-bond donors (Lipinski definition) is 2. The third-order valence-electron chi connectivity index (χ3n) is 4.46. The molecule has 0 bridgehead atoms. The Bertz CT molecular complexity index is 867. The van der Waals surface area contributed by atoms with E-state index in [0.717, 1.165) is 11.3 Å². The monoisotopic (exact) mass is 386 g/mol. The summed E-state index contributed by atoms with van der Waals surface area (Å²) in [5, 5.41) is 12.2. The van der Waals surface area contributed by atoms with Crippen LogP contribution < -0.4 is 10.2 Å². The summed E-state index contributed by atoms with van der Waals surface area (Å²) < 4.78 is 0. The van der Waals surface area contributed by atoms with Crippen molar-refractivity contribution in [3.8, 4) is 0 Å². The smallest absolute Gasteiger partial charge is 0.303 e. The number of halogens is 1. The maximum atomic E-state index is 12.6. The van der Waals surface area contributed by atoms with Crippen LogP contribution in [-0.2, 0) is 20.8 Å². The molecule has 1 aliphatic rings. The number of benzene rings is 2. The van der Waals surface area contributed by atoms with E-state index < -0.39 is 11.9 Å². The van der Waals surface area contributed by atoms with Crippen LogP contribution in [0.15, 0.2) is 48.5 Å². The molecule has 1 fully saturated rings. The minimum Gasteiger partial charge on any atom is -0.481 e. The molecular weight excluding hydrogens is 368 g/mol. The number of amides is 2. The summed E-state index contributed by atoms with van der Waals surface area (Å²) in [6.45, 7) is 0.311. The number of rotatable bonds is 6. The lowest BCUT2D eigenvalue weighted by Gasteiger charge is -2.17. The van der Waals surface area contributed by atoms with Crippen LogP contribution in [0.1, 0.15) is 18.4 Å². The van der Waals surface area contributed by atoms with Crippen molar-refractivity contribution in [2.45, 2.75) is 19.3 Å². The number of hydrogen-bond acceptors (Lipinski definition) is 3. The standard InChI is InChI=1S/C20H19ClN2O4/c21-15-5-7-17(8-6-15)23-12-14(11-18(23)24)20(27)22-16-3-1-2-13(10-16)4-9-19(25)26/h1-3,5-8,10,14H,4,9,11-12H2,(H,22,27)(H,25,26). The largest absolute Gasteiger partial charge is 0.481 e. The van der Waals surface area contributed by atoms with Gasteiger partial charge in [-0.2, -0.15) is 0 Å². The Morgan fingerprint density at radius 2 is 1.93 bits per heavy atom. The number of carbonyl (C=O) groups excluding carboxylic acids is 2. The van der Waals surface area contributed by atoms with Crippen molar-refractivity contribution in [3.05, 3.63) is 59.1 Å². The van der Waals surface area contributed by atoms with Crippen LogP contribution in [0, 0.1) is 5.92 Å². The Morgan fingerprint density at radius 1 is 1.19 bits per heavy atom. The summed E-state index contributed by atoms with van der Waals surface area (Å²) in [6, 6.07) is 14.0. The predicted molar refractivity (Wildman–Crippen MR) is 103 cm³/mol. The van der Waals surface area contributed by atoms with Crippen molar-refractivity contribution < 1.29 is 19.5 Å². The number of aliphatic carboxylic acids is 1. The number of anilines is 2. The highest BCUT2D eigenvalue weighted by Gasteiger charge is 2.35. The van der Waals surface area contributed by atoms with E-state index in [0.29, 0.717) is 23.7 Å². The van der Waals surface area contributed by atoms with E-state index in [-0.39, 0.29) is 24.7 Å². The molecule has 1 atom stereocenters. The molecule has 27 heavy (non-hydrogen) atoms. The Balaban J connectivity index is 1.63. The van der Waals surface area contributed by atoms with Gasteiger partial charge in [-0.15, -0.1) is 0 Å². The number of nitrogens with zero attached hydrogens (tertiary/aromatic N) is 1. The molecule has 0 saturated carbocycles. The van der Waals surface area contributed by atoms with Crippen molar-refractivity contribution in [1.82, 2.24) is 0 Å². The molecule has 1 aliphatic heterocycles. The van der Waals surface area contributed by atoms with Crippen molar-refractivity contribution >= 4 is 40.8 Å². The molecule has 0 aromatic heterocycles. The summed E-state index contributed by atoms with van der Waals surface area (Å²) in [5.41, 5.74) is 2.15. The minimum absolute atomic E-state index is 0.0323. The van der Waals surface area contributed by atoms with Crippen LogP contribution in [0.25, 0.3) is 0 Å². The molecule has 2 aromatic rings. The van der Waals surface area contributed by atoms with Gasteiger partial charge in [0, 0.05) is 35.8 Å². The van der Waals surface area contributed by atoms with Crippen LogP contribution in [0.5, 0.6) is 0 Å². The molecule has 6 nitrogen and oxygen atoms in total. The molecule has 7 heteroatoms. The first-order chi connectivity index (χ1) is 12.9. The summed E-state index contributed by atoms with van der Waals surface area (Å²) in [7, 11) is 0. The van der Waals surface area contributed by atoms with Crippen LogP contribution >= 0.6 is 11.6 Å². The van der Waals surface area contributed by atoms with Crippen LogP contribution in [0.4, 0.5) is 11.4 Å². The Kier molecular flexibility index (Phi) is 5.76. The molecule has 2 aromatic carbocycles. The molecule has 2 N–H and O–H groups in total. The van der Waals surface area contributed by atoms with E-state index >= 15 is 0 Å². The van der Waals surface area contributed by atoms with Crippen LogP contribution in [0.3, 0.4) is 0 Å². The second kappa shape index (κ2) is 8.22. The molecule has 1 unspecified atom stereocenters. The minimum atomic E-state index is -0.865. The van der Waals surface area contributed by atoms with E-state index in [2.05, 4.69) is 5.32 Å². The van der Waals surface area contributed by atoms with Gasteiger partial charge in [0.1, 0.15) is 0 Å². The molecule has 1 heterocycles. The van der Waals surface area contributed by atoms with E-state index in [1.807, 2.05) is 6.07 Å². The van der Waals surface area contributed by atoms with Crippen molar-refractivity contribution in [1.29, 1.82) is 0 Å². The normalized spacial score (nSPS) is 16.4. The first-order valence-electron chi connectivity index (χ1n) is 8.60. The van der Waals surface area contributed by atoms with Gasteiger partial charge in [-0.1, -0.05) is 23.7 Å². The molecule has 140 valence electrons. The van der Waals surface area contributed by atoms with Gasteiger partial charge >= 0.3 is 5.97 Å². The van der Waals surface area contributed by atoms with Crippen molar-refractivity contribution in [2.75, 3.05) is 16.8 Å². The lowest BCUT2D eigenvalue weighted by atomic mass is 10.1. The second-order valence-electron chi connectivity index (χ2n) is 6.47. The van der Waals surface area contributed by atoms with Gasteiger partial charge in [0.2, 0.25) is 11.8 Å². The number of carboxylic acid groups (broad SMARTS) is 1. The lowest BCUT2D eigenvalue weighted by molar-refractivity contribution is -0.137. The van der Waals surface area contributed by atoms with Crippen molar-refractivity contribution in [2.24, 2.45) is 5.92 Å². The van der Waals surface area contributed by atoms with Gasteiger partial charge in [0.05, 0.1) is 5.92 Å². The zero-order valence-corrected chi connectivity index (χ0v) is 15.3. The van der Waals surface area contributed by atoms with E-state index in [1.54, 1.807) is 47.4 Å². The van der Waals surface area contributed by atoms with E-state index in [4.69, 9.17) is 16.7 Å². The van der Waals surface area contributed by atoms with Gasteiger partial charge in [-0.05, 0) is 48.4 Å². The maximum Gasteiger partial charge on any atom is 0.303 e. The zero-order chi connectivity index (χ0) is 19.4. The topological polar surface area (TPSA) is 86.7 Å². The number of nitrogens with one attached hydrogen (secondary N) is 1. The van der Waals surface area contributed by atoms with Gasteiger partial charge in [-0.25, -0.2) is 0 Å². The summed E-state index contributed by atoms with van der Waals surface area (Å²) in [6.07, 6.45) is 0.572. The molecule has 1 saturated heterocycles. The second-order valence-corrected chi connectivity index (χ2v) is 6.90. The third-order valence-corrected chi connectivity index (χ3v) is 4.71. The predicted octanol–water partition coefficient (Wildman–Crippen LogP) is 3.35. The average Bonchev–Trinajstić information content (AvgIpc) is 3.03. The maximum absolute atomic E-state index is 12.6. The Hall–Kier alpha value is -2.86.